The highest BCUT2D eigenvalue weighted by Gasteiger charge is 2.33. The van der Waals surface area contributed by atoms with E-state index in [1.54, 1.807) is 26.0 Å². The molecule has 11 nitrogen and oxygen atoms in total. The van der Waals surface area contributed by atoms with E-state index in [1.165, 1.54) is 26.0 Å². The molecule has 0 aliphatic carbocycles. The Bertz CT molecular complexity index is 827. The summed E-state index contributed by atoms with van der Waals surface area (Å²) in [5, 5.41) is 36.2. The number of benzene rings is 1. The van der Waals surface area contributed by atoms with Crippen molar-refractivity contribution in [2.45, 2.75) is 70.8 Å². The van der Waals surface area contributed by atoms with Gasteiger partial charge in [0.25, 0.3) is 0 Å². The van der Waals surface area contributed by atoms with Crippen molar-refractivity contribution in [2.75, 3.05) is 0 Å². The standard InChI is InChI=1S/C22H34N4O7/c1-5-11(2)17(22(32)33)25-20(30)16(10-14-6-8-15(28)9-7-14)24-21(31)18(13(4)27)26-19(29)12(3)23/h6-9,11-13,16-18,27-28H,5,10,23H2,1-4H3,(H,24,31)(H,25,30)(H,26,29)(H,32,33). The first kappa shape index (κ1) is 27.9. The van der Waals surface area contributed by atoms with E-state index < -0.39 is 54.0 Å². The van der Waals surface area contributed by atoms with Gasteiger partial charge in [0, 0.05) is 6.42 Å². The zero-order valence-corrected chi connectivity index (χ0v) is 19.2. The number of carboxylic acid groups (broad SMARTS) is 1. The smallest absolute Gasteiger partial charge is 0.326 e. The molecular formula is C22H34N4O7. The SMILES string of the molecule is CCC(C)C(NC(=O)C(Cc1ccc(O)cc1)NC(=O)C(NC(=O)C(C)N)C(C)O)C(=O)O. The molecule has 1 aromatic rings. The van der Waals surface area contributed by atoms with Crippen LogP contribution < -0.4 is 21.7 Å². The number of hydrogen-bond acceptors (Lipinski definition) is 7. The monoisotopic (exact) mass is 466 g/mol. The van der Waals surface area contributed by atoms with E-state index in [9.17, 15) is 34.5 Å². The number of amides is 3. The van der Waals surface area contributed by atoms with Gasteiger partial charge in [0.05, 0.1) is 12.1 Å². The molecule has 0 bridgehead atoms. The van der Waals surface area contributed by atoms with Crippen LogP contribution in [-0.4, -0.2) is 69.3 Å². The minimum Gasteiger partial charge on any atom is -0.508 e. The molecule has 6 unspecified atom stereocenters. The fraction of sp³-hybridized carbons (Fsp3) is 0.545. The second-order valence-corrected chi connectivity index (χ2v) is 8.16. The van der Waals surface area contributed by atoms with E-state index in [-0.39, 0.29) is 18.1 Å². The fourth-order valence-corrected chi connectivity index (χ4v) is 2.97. The van der Waals surface area contributed by atoms with Gasteiger partial charge in [-0.15, -0.1) is 0 Å². The Morgan fingerprint density at radius 3 is 1.91 bits per heavy atom. The van der Waals surface area contributed by atoms with Crippen LogP contribution in [0.15, 0.2) is 24.3 Å². The van der Waals surface area contributed by atoms with Crippen molar-refractivity contribution in [3.8, 4) is 5.75 Å². The summed E-state index contributed by atoms with van der Waals surface area (Å²) >= 11 is 0. The molecule has 0 saturated carbocycles. The Kier molecular flexibility index (Phi) is 10.8. The van der Waals surface area contributed by atoms with Crippen LogP contribution in [0, 0.1) is 5.92 Å². The number of carbonyl (C=O) groups excluding carboxylic acids is 3. The molecule has 0 saturated heterocycles. The molecule has 11 heteroatoms. The van der Waals surface area contributed by atoms with Crippen molar-refractivity contribution >= 4 is 23.7 Å². The Balaban J connectivity index is 3.15. The number of phenols is 1. The number of aliphatic hydroxyl groups excluding tert-OH is 1. The summed E-state index contributed by atoms with van der Waals surface area (Å²) in [6, 6.07) is 1.21. The molecule has 33 heavy (non-hydrogen) atoms. The topological polar surface area (TPSA) is 191 Å². The van der Waals surface area contributed by atoms with Gasteiger partial charge in [-0.3, -0.25) is 14.4 Å². The largest absolute Gasteiger partial charge is 0.508 e. The molecule has 0 spiro atoms. The van der Waals surface area contributed by atoms with E-state index >= 15 is 0 Å². The number of aliphatic carboxylic acids is 1. The zero-order chi connectivity index (χ0) is 25.3. The molecular weight excluding hydrogens is 432 g/mol. The molecule has 0 heterocycles. The first-order valence-electron chi connectivity index (χ1n) is 10.7. The van der Waals surface area contributed by atoms with E-state index in [1.807, 2.05) is 0 Å². The lowest BCUT2D eigenvalue weighted by Gasteiger charge is -2.27. The molecule has 0 fully saturated rings. The average molecular weight is 467 g/mol. The second-order valence-electron chi connectivity index (χ2n) is 8.16. The summed E-state index contributed by atoms with van der Waals surface area (Å²) < 4.78 is 0. The zero-order valence-electron chi connectivity index (χ0n) is 19.2. The molecule has 0 aliphatic rings. The van der Waals surface area contributed by atoms with Gasteiger partial charge in [0.1, 0.15) is 23.9 Å². The van der Waals surface area contributed by atoms with Gasteiger partial charge in [-0.2, -0.15) is 0 Å². The lowest BCUT2D eigenvalue weighted by atomic mass is 9.98. The highest BCUT2D eigenvalue weighted by molar-refractivity contribution is 5.94. The molecule has 184 valence electrons. The molecule has 0 radical (unpaired) electrons. The minimum atomic E-state index is -1.39. The number of hydrogen-bond donors (Lipinski definition) is 7. The number of nitrogens with two attached hydrogens (primary N) is 1. The molecule has 8 N–H and O–H groups in total. The Hall–Kier alpha value is -3.18. The van der Waals surface area contributed by atoms with Crippen LogP contribution in [0.5, 0.6) is 5.75 Å². The van der Waals surface area contributed by atoms with Crippen molar-refractivity contribution in [3.63, 3.8) is 0 Å². The number of aromatic hydroxyl groups is 1. The van der Waals surface area contributed by atoms with Gasteiger partial charge < -0.3 is 37.0 Å². The number of aliphatic hydroxyl groups is 1. The normalized spacial score (nSPS) is 16.4. The summed E-state index contributed by atoms with van der Waals surface area (Å²) in [7, 11) is 0. The molecule has 1 aromatic carbocycles. The predicted molar refractivity (Wildman–Crippen MR) is 120 cm³/mol. The van der Waals surface area contributed by atoms with Crippen molar-refractivity contribution < 1.29 is 34.5 Å². The number of nitrogens with one attached hydrogen (secondary N) is 3. The van der Waals surface area contributed by atoms with Gasteiger partial charge in [0.15, 0.2) is 0 Å². The Labute approximate surface area is 192 Å². The molecule has 0 aliphatic heterocycles. The summed E-state index contributed by atoms with van der Waals surface area (Å²) in [6.45, 7) is 6.18. The lowest BCUT2D eigenvalue weighted by molar-refractivity contribution is -0.144. The van der Waals surface area contributed by atoms with Crippen LogP contribution in [0.1, 0.15) is 39.7 Å². The van der Waals surface area contributed by atoms with Crippen LogP contribution >= 0.6 is 0 Å². The number of carbonyl (C=O) groups is 4. The van der Waals surface area contributed by atoms with Crippen molar-refractivity contribution in [3.05, 3.63) is 29.8 Å². The second kappa shape index (κ2) is 12.8. The van der Waals surface area contributed by atoms with Crippen molar-refractivity contribution in [1.29, 1.82) is 0 Å². The quantitative estimate of drug-likeness (QED) is 0.209. The van der Waals surface area contributed by atoms with Crippen molar-refractivity contribution in [2.24, 2.45) is 11.7 Å². The van der Waals surface area contributed by atoms with Crippen LogP contribution in [0.3, 0.4) is 0 Å². The Morgan fingerprint density at radius 1 is 0.909 bits per heavy atom. The van der Waals surface area contributed by atoms with E-state index in [0.29, 0.717) is 12.0 Å². The summed E-state index contributed by atoms with van der Waals surface area (Å²) in [5.41, 5.74) is 6.09. The lowest BCUT2D eigenvalue weighted by Crippen LogP contribution is -2.60. The van der Waals surface area contributed by atoms with Gasteiger partial charge >= 0.3 is 5.97 Å². The van der Waals surface area contributed by atoms with Gasteiger partial charge in [-0.25, -0.2) is 4.79 Å². The van der Waals surface area contributed by atoms with Crippen LogP contribution in [0.25, 0.3) is 0 Å². The maximum atomic E-state index is 13.0. The van der Waals surface area contributed by atoms with E-state index in [4.69, 9.17) is 5.73 Å². The molecule has 3 amide bonds. The number of carboxylic acids is 1. The van der Waals surface area contributed by atoms with Crippen LogP contribution in [0.4, 0.5) is 0 Å². The summed E-state index contributed by atoms with van der Waals surface area (Å²) in [6.07, 6.45) is -0.824. The Morgan fingerprint density at radius 2 is 1.45 bits per heavy atom. The first-order valence-corrected chi connectivity index (χ1v) is 10.7. The van der Waals surface area contributed by atoms with Crippen molar-refractivity contribution in [1.82, 2.24) is 16.0 Å². The molecule has 6 atom stereocenters. The minimum absolute atomic E-state index is 0.0132. The number of rotatable bonds is 12. The maximum Gasteiger partial charge on any atom is 0.326 e. The molecule has 1 rings (SSSR count). The summed E-state index contributed by atoms with van der Waals surface area (Å²) in [4.78, 5) is 49.4. The van der Waals surface area contributed by atoms with Gasteiger partial charge in [-0.1, -0.05) is 32.4 Å². The van der Waals surface area contributed by atoms with Gasteiger partial charge in [-0.05, 0) is 37.5 Å². The fourth-order valence-electron chi connectivity index (χ4n) is 2.97. The first-order chi connectivity index (χ1) is 15.4. The third-order valence-corrected chi connectivity index (χ3v) is 5.26. The summed E-state index contributed by atoms with van der Waals surface area (Å²) in [5.74, 6) is -3.82. The van der Waals surface area contributed by atoms with Crippen LogP contribution in [0.2, 0.25) is 0 Å². The third-order valence-electron chi connectivity index (χ3n) is 5.26. The van der Waals surface area contributed by atoms with Crippen LogP contribution in [-0.2, 0) is 25.6 Å². The van der Waals surface area contributed by atoms with E-state index in [0.717, 1.165) is 0 Å². The average Bonchev–Trinajstić information content (AvgIpc) is 2.75. The maximum absolute atomic E-state index is 13.0. The number of phenolic OH excluding ortho intramolecular Hbond substituents is 1. The van der Waals surface area contributed by atoms with E-state index in [2.05, 4.69) is 16.0 Å². The highest BCUT2D eigenvalue weighted by atomic mass is 16.4. The highest BCUT2D eigenvalue weighted by Crippen LogP contribution is 2.13. The third kappa shape index (κ3) is 8.70. The predicted octanol–water partition coefficient (Wildman–Crippen LogP) is -0.752. The molecule has 0 aromatic heterocycles. The van der Waals surface area contributed by atoms with Gasteiger partial charge in [0.2, 0.25) is 17.7 Å².